The molecule has 0 amide bonds. The largest absolute Gasteiger partial charge is 0.381 e. The summed E-state index contributed by atoms with van der Waals surface area (Å²) in [6, 6.07) is 0. The molecular formula is C14H23O. The SMILES string of the molecule is [CH2]COCCC12CC3CC(CC(C3)C1)C2. The first kappa shape index (κ1) is 10.1. The molecular weight excluding hydrogens is 184 g/mol. The van der Waals surface area contributed by atoms with E-state index in [9.17, 15) is 0 Å². The van der Waals surface area contributed by atoms with Crippen molar-refractivity contribution in [3.05, 3.63) is 6.92 Å². The number of hydrogen-bond donors (Lipinski definition) is 0. The van der Waals surface area contributed by atoms with Crippen LogP contribution in [0.25, 0.3) is 0 Å². The van der Waals surface area contributed by atoms with E-state index in [4.69, 9.17) is 4.74 Å². The van der Waals surface area contributed by atoms with Gasteiger partial charge in [-0.1, -0.05) is 0 Å². The molecule has 0 heterocycles. The van der Waals surface area contributed by atoms with Gasteiger partial charge in [-0.2, -0.15) is 0 Å². The van der Waals surface area contributed by atoms with Crippen LogP contribution in [0, 0.1) is 30.1 Å². The molecule has 0 N–H and O–H groups in total. The predicted octanol–water partition coefficient (Wildman–Crippen LogP) is 3.44. The van der Waals surface area contributed by atoms with Crippen LogP contribution in [0.2, 0.25) is 0 Å². The third kappa shape index (κ3) is 1.84. The summed E-state index contributed by atoms with van der Waals surface area (Å²) in [6.07, 6.45) is 10.5. The van der Waals surface area contributed by atoms with Crippen molar-refractivity contribution in [2.24, 2.45) is 23.2 Å². The Morgan fingerprint density at radius 1 is 1.00 bits per heavy atom. The van der Waals surface area contributed by atoms with E-state index in [2.05, 4.69) is 6.92 Å². The van der Waals surface area contributed by atoms with Crippen LogP contribution >= 0.6 is 0 Å². The quantitative estimate of drug-likeness (QED) is 0.642. The van der Waals surface area contributed by atoms with Gasteiger partial charge in [0, 0.05) is 13.2 Å². The molecule has 4 aliphatic carbocycles. The summed E-state index contributed by atoms with van der Waals surface area (Å²) in [4.78, 5) is 0. The summed E-state index contributed by atoms with van der Waals surface area (Å²) in [5.74, 6) is 3.24. The Labute approximate surface area is 93.6 Å². The van der Waals surface area contributed by atoms with Crippen LogP contribution < -0.4 is 0 Å². The van der Waals surface area contributed by atoms with Crippen LogP contribution in [0.4, 0.5) is 0 Å². The highest BCUT2D eigenvalue weighted by molar-refractivity contribution is 5.01. The Morgan fingerprint density at radius 3 is 2.00 bits per heavy atom. The monoisotopic (exact) mass is 207 g/mol. The molecule has 15 heavy (non-hydrogen) atoms. The van der Waals surface area contributed by atoms with E-state index in [-0.39, 0.29) is 0 Å². The van der Waals surface area contributed by atoms with Crippen molar-refractivity contribution in [1.82, 2.24) is 0 Å². The smallest absolute Gasteiger partial charge is 0.0471 e. The van der Waals surface area contributed by atoms with E-state index >= 15 is 0 Å². The van der Waals surface area contributed by atoms with Crippen molar-refractivity contribution in [3.8, 4) is 0 Å². The molecule has 0 saturated heterocycles. The number of hydrogen-bond acceptors (Lipinski definition) is 1. The van der Waals surface area contributed by atoms with Gasteiger partial charge in [0.1, 0.15) is 0 Å². The minimum Gasteiger partial charge on any atom is -0.381 e. The molecule has 0 atom stereocenters. The van der Waals surface area contributed by atoms with E-state index in [0.29, 0.717) is 12.0 Å². The molecule has 4 bridgehead atoms. The highest BCUT2D eigenvalue weighted by Crippen LogP contribution is 2.61. The van der Waals surface area contributed by atoms with Gasteiger partial charge in [0.15, 0.2) is 0 Å². The van der Waals surface area contributed by atoms with Crippen molar-refractivity contribution >= 4 is 0 Å². The second kappa shape index (κ2) is 3.76. The summed E-state index contributed by atoms with van der Waals surface area (Å²) >= 11 is 0. The standard InChI is InChI=1S/C14H23O/c1-2-15-4-3-14-8-11-5-12(9-14)7-13(6-11)10-14/h11-13H,1-10H2. The molecule has 4 fully saturated rings. The highest BCUT2D eigenvalue weighted by atomic mass is 16.5. The van der Waals surface area contributed by atoms with Crippen molar-refractivity contribution in [2.45, 2.75) is 44.9 Å². The molecule has 1 nitrogen and oxygen atoms in total. The zero-order chi connectivity index (χ0) is 10.3. The summed E-state index contributed by atoms with van der Waals surface area (Å²) < 4.78 is 5.46. The topological polar surface area (TPSA) is 9.23 Å². The number of rotatable bonds is 4. The Hall–Kier alpha value is -0.0400. The van der Waals surface area contributed by atoms with E-state index in [1.807, 2.05) is 0 Å². The first-order chi connectivity index (χ1) is 7.30. The molecule has 4 rings (SSSR count). The van der Waals surface area contributed by atoms with Crippen LogP contribution in [0.5, 0.6) is 0 Å². The summed E-state index contributed by atoms with van der Waals surface area (Å²) in [5, 5.41) is 0. The third-order valence-electron chi connectivity index (χ3n) is 5.09. The van der Waals surface area contributed by atoms with E-state index < -0.39 is 0 Å². The van der Waals surface area contributed by atoms with Gasteiger partial charge in [0.2, 0.25) is 0 Å². The van der Waals surface area contributed by atoms with Crippen LogP contribution in [0.1, 0.15) is 44.9 Å². The zero-order valence-electron chi connectivity index (χ0n) is 9.71. The fourth-order valence-electron chi connectivity index (χ4n) is 4.99. The van der Waals surface area contributed by atoms with Crippen LogP contribution in [0.3, 0.4) is 0 Å². The van der Waals surface area contributed by atoms with Gasteiger partial charge in [0.05, 0.1) is 0 Å². The summed E-state index contributed by atoms with van der Waals surface area (Å²) in [6.45, 7) is 5.35. The molecule has 85 valence electrons. The summed E-state index contributed by atoms with van der Waals surface area (Å²) in [7, 11) is 0. The molecule has 0 unspecified atom stereocenters. The first-order valence-corrected chi connectivity index (χ1v) is 6.67. The normalized spacial score (nSPS) is 47.4. The molecule has 1 radical (unpaired) electrons. The van der Waals surface area contributed by atoms with E-state index in [0.717, 1.165) is 24.4 Å². The van der Waals surface area contributed by atoms with Gasteiger partial charge in [-0.3, -0.25) is 0 Å². The van der Waals surface area contributed by atoms with Crippen molar-refractivity contribution in [2.75, 3.05) is 13.2 Å². The molecule has 4 saturated carbocycles. The lowest BCUT2D eigenvalue weighted by Gasteiger charge is -2.57. The van der Waals surface area contributed by atoms with Crippen LogP contribution in [0.15, 0.2) is 0 Å². The average Bonchev–Trinajstić information content (AvgIpc) is 2.15. The fourth-order valence-corrected chi connectivity index (χ4v) is 4.99. The highest BCUT2D eigenvalue weighted by Gasteiger charge is 2.50. The average molecular weight is 207 g/mol. The first-order valence-electron chi connectivity index (χ1n) is 6.67. The third-order valence-corrected chi connectivity index (χ3v) is 5.09. The second-order valence-corrected chi connectivity index (χ2v) is 6.28. The Morgan fingerprint density at radius 2 is 1.53 bits per heavy atom. The second-order valence-electron chi connectivity index (χ2n) is 6.28. The van der Waals surface area contributed by atoms with Gasteiger partial charge in [0.25, 0.3) is 0 Å². The molecule has 0 spiro atoms. The lowest BCUT2D eigenvalue weighted by molar-refractivity contribution is -0.0677. The molecule has 0 aromatic rings. The lowest BCUT2D eigenvalue weighted by Crippen LogP contribution is -2.46. The van der Waals surface area contributed by atoms with Gasteiger partial charge in [-0.25, -0.2) is 0 Å². The van der Waals surface area contributed by atoms with Crippen LogP contribution in [-0.4, -0.2) is 13.2 Å². The predicted molar refractivity (Wildman–Crippen MR) is 61.4 cm³/mol. The maximum absolute atomic E-state index is 5.46. The van der Waals surface area contributed by atoms with Gasteiger partial charge in [-0.15, -0.1) is 0 Å². The lowest BCUT2D eigenvalue weighted by atomic mass is 9.49. The summed E-state index contributed by atoms with van der Waals surface area (Å²) in [5.41, 5.74) is 0.698. The van der Waals surface area contributed by atoms with Gasteiger partial charge in [-0.05, 0) is 75.0 Å². The minimum atomic E-state index is 0.645. The molecule has 0 aromatic carbocycles. The van der Waals surface area contributed by atoms with E-state index in [1.165, 1.54) is 25.7 Å². The Kier molecular flexibility index (Phi) is 2.54. The van der Waals surface area contributed by atoms with Crippen molar-refractivity contribution < 1.29 is 4.74 Å². The van der Waals surface area contributed by atoms with Gasteiger partial charge >= 0.3 is 0 Å². The fraction of sp³-hybridized carbons (Fsp3) is 0.929. The molecule has 0 aromatic heterocycles. The molecule has 1 heteroatoms. The van der Waals surface area contributed by atoms with E-state index in [1.54, 1.807) is 19.3 Å². The van der Waals surface area contributed by atoms with Crippen molar-refractivity contribution in [3.63, 3.8) is 0 Å². The Bertz CT molecular complexity index is 198. The van der Waals surface area contributed by atoms with Crippen molar-refractivity contribution in [1.29, 1.82) is 0 Å². The van der Waals surface area contributed by atoms with Crippen LogP contribution in [-0.2, 0) is 4.74 Å². The Balaban J connectivity index is 1.65. The zero-order valence-corrected chi connectivity index (χ0v) is 9.71. The minimum absolute atomic E-state index is 0.645. The maximum Gasteiger partial charge on any atom is 0.0471 e. The number of ether oxygens (including phenoxy) is 1. The van der Waals surface area contributed by atoms with Gasteiger partial charge < -0.3 is 4.74 Å². The molecule has 4 aliphatic rings. The maximum atomic E-state index is 5.46. The molecule has 0 aliphatic heterocycles.